The first kappa shape index (κ1) is 25.5. The summed E-state index contributed by atoms with van der Waals surface area (Å²) in [6.45, 7) is 8.40. The fourth-order valence-corrected chi connectivity index (χ4v) is 6.44. The van der Waals surface area contributed by atoms with Gasteiger partial charge in [0.05, 0.1) is 17.7 Å². The van der Waals surface area contributed by atoms with Gasteiger partial charge in [-0.1, -0.05) is 32.1 Å². The number of aromatic nitrogens is 2. The highest BCUT2D eigenvalue weighted by Gasteiger charge is 2.34. The third kappa shape index (κ3) is 4.66. The number of hydrogen-bond donors (Lipinski definition) is 2. The number of carboxylic acid groups (broad SMARTS) is 1. The molecular weight excluding hydrogens is 490 g/mol. The van der Waals surface area contributed by atoms with Crippen LogP contribution in [0.25, 0.3) is 21.7 Å². The Morgan fingerprint density at radius 2 is 1.92 bits per heavy atom. The van der Waals surface area contributed by atoms with Crippen LogP contribution in [0.15, 0.2) is 35.4 Å². The van der Waals surface area contributed by atoms with Crippen LogP contribution < -0.4 is 15.1 Å². The molecule has 3 aromatic rings. The van der Waals surface area contributed by atoms with Crippen molar-refractivity contribution in [3.05, 3.63) is 51.9 Å². The molecule has 2 N–H and O–H groups in total. The number of piperidine rings is 1. The SMILES string of the molecule is COc1cc2c(cc1-c1cnc(N3CCC(CO)CC3)s1)CC(C(C)(C)C)n1cc(C(=O)O)c(=O)cc1-2. The lowest BCUT2D eigenvalue weighted by Gasteiger charge is -2.39. The molecule has 2 aromatic heterocycles. The van der Waals surface area contributed by atoms with Crippen LogP contribution in [0.1, 0.15) is 55.6 Å². The standard InChI is InChI=1S/C28H33N3O5S/c1-28(2,3)25-10-17-9-19(24-13-29-27(37-24)30-7-5-16(15-32)6-8-30)23(36-4)11-18(17)21-12-22(33)20(26(34)35)14-31(21)25/h9,11-14,16,25,32H,5-8,10,15H2,1-4H3,(H,34,35). The minimum Gasteiger partial charge on any atom is -0.496 e. The first-order valence-electron chi connectivity index (χ1n) is 12.6. The highest BCUT2D eigenvalue weighted by molar-refractivity contribution is 7.19. The fourth-order valence-electron chi connectivity index (χ4n) is 5.45. The normalized spacial score (nSPS) is 17.9. The number of ether oxygens (including phenoxy) is 1. The van der Waals surface area contributed by atoms with E-state index < -0.39 is 11.4 Å². The Bertz CT molecular complexity index is 1400. The monoisotopic (exact) mass is 523 g/mol. The lowest BCUT2D eigenvalue weighted by molar-refractivity contribution is 0.0693. The van der Waals surface area contributed by atoms with Gasteiger partial charge in [0, 0.05) is 55.3 Å². The third-order valence-electron chi connectivity index (χ3n) is 7.66. The van der Waals surface area contributed by atoms with Gasteiger partial charge >= 0.3 is 5.97 Å². The van der Waals surface area contributed by atoms with Gasteiger partial charge in [-0.05, 0) is 48.3 Å². The van der Waals surface area contributed by atoms with Crippen molar-refractivity contribution in [3.8, 4) is 27.4 Å². The van der Waals surface area contributed by atoms with Crippen LogP contribution in [0.3, 0.4) is 0 Å². The number of carbonyl (C=O) groups is 1. The number of benzene rings is 1. The van der Waals surface area contributed by atoms with E-state index in [9.17, 15) is 19.8 Å². The van der Waals surface area contributed by atoms with E-state index >= 15 is 0 Å². The van der Waals surface area contributed by atoms with Gasteiger partial charge in [0.15, 0.2) is 10.6 Å². The van der Waals surface area contributed by atoms with Crippen LogP contribution >= 0.6 is 11.3 Å². The largest absolute Gasteiger partial charge is 0.496 e. The van der Waals surface area contributed by atoms with Crippen molar-refractivity contribution in [1.82, 2.24) is 9.55 Å². The second-order valence-electron chi connectivity index (χ2n) is 11.1. The van der Waals surface area contributed by atoms with Crippen molar-refractivity contribution in [2.24, 2.45) is 11.3 Å². The Balaban J connectivity index is 1.58. The van der Waals surface area contributed by atoms with Gasteiger partial charge in [-0.25, -0.2) is 9.78 Å². The summed E-state index contributed by atoms with van der Waals surface area (Å²) >= 11 is 1.63. The Morgan fingerprint density at radius 1 is 1.19 bits per heavy atom. The van der Waals surface area contributed by atoms with Crippen molar-refractivity contribution in [1.29, 1.82) is 0 Å². The predicted molar refractivity (Wildman–Crippen MR) is 145 cm³/mol. The summed E-state index contributed by atoms with van der Waals surface area (Å²) in [7, 11) is 1.63. The van der Waals surface area contributed by atoms with E-state index in [-0.39, 0.29) is 23.6 Å². The summed E-state index contributed by atoms with van der Waals surface area (Å²) in [6, 6.07) is 5.52. The molecule has 1 atom stereocenters. The van der Waals surface area contributed by atoms with E-state index in [2.05, 4.69) is 31.7 Å². The summed E-state index contributed by atoms with van der Waals surface area (Å²) in [6.07, 6.45) is 6.01. The number of hydrogen-bond acceptors (Lipinski definition) is 7. The van der Waals surface area contributed by atoms with E-state index in [1.165, 1.54) is 12.3 Å². The van der Waals surface area contributed by atoms with E-state index in [4.69, 9.17) is 9.72 Å². The van der Waals surface area contributed by atoms with Gasteiger partial charge in [0.2, 0.25) is 0 Å². The second-order valence-corrected chi connectivity index (χ2v) is 12.1. The van der Waals surface area contributed by atoms with E-state index in [1.54, 1.807) is 18.4 Å². The van der Waals surface area contributed by atoms with E-state index in [1.807, 2.05) is 16.8 Å². The number of carboxylic acids is 1. The number of aliphatic hydroxyl groups is 1. The summed E-state index contributed by atoms with van der Waals surface area (Å²) in [5.74, 6) is -0.161. The second kappa shape index (κ2) is 9.61. The van der Waals surface area contributed by atoms with Crippen LogP contribution in [0, 0.1) is 11.3 Å². The highest BCUT2D eigenvalue weighted by Crippen LogP contribution is 2.47. The molecule has 8 nitrogen and oxygen atoms in total. The molecule has 196 valence electrons. The summed E-state index contributed by atoms with van der Waals surface area (Å²) in [4.78, 5) is 32.4. The Hall–Kier alpha value is -3.17. The van der Waals surface area contributed by atoms with E-state index in [0.29, 0.717) is 23.8 Å². The first-order chi connectivity index (χ1) is 17.6. The van der Waals surface area contributed by atoms with Crippen molar-refractivity contribution in [2.45, 2.75) is 46.1 Å². The molecular formula is C28H33N3O5S. The lowest BCUT2D eigenvalue weighted by atomic mass is 9.78. The fraction of sp³-hybridized carbons (Fsp3) is 0.464. The summed E-state index contributed by atoms with van der Waals surface area (Å²) in [5.41, 5.74) is 2.75. The molecule has 0 saturated carbocycles. The first-order valence-corrected chi connectivity index (χ1v) is 13.4. The van der Waals surface area contributed by atoms with Gasteiger partial charge in [0.25, 0.3) is 0 Å². The number of thiazole rings is 1. The smallest absolute Gasteiger partial charge is 0.341 e. The van der Waals surface area contributed by atoms with Crippen LogP contribution in [0.2, 0.25) is 0 Å². The molecule has 0 aliphatic carbocycles. The van der Waals surface area contributed by atoms with Crippen LogP contribution in [-0.4, -0.2) is 52.5 Å². The van der Waals surface area contributed by atoms with Gasteiger partial charge in [0.1, 0.15) is 11.3 Å². The maximum Gasteiger partial charge on any atom is 0.341 e. The zero-order valence-electron chi connectivity index (χ0n) is 21.7. The molecule has 5 rings (SSSR count). The average molecular weight is 524 g/mol. The number of pyridine rings is 1. The van der Waals surface area contributed by atoms with Crippen LogP contribution in [0.5, 0.6) is 5.75 Å². The minimum atomic E-state index is -1.21. The Labute approximate surface area is 220 Å². The quantitative estimate of drug-likeness (QED) is 0.500. The topological polar surface area (TPSA) is 105 Å². The van der Waals surface area contributed by atoms with Crippen molar-refractivity contribution >= 4 is 22.4 Å². The van der Waals surface area contributed by atoms with Crippen LogP contribution in [0.4, 0.5) is 5.13 Å². The number of fused-ring (bicyclic) bond motifs is 3. The molecule has 0 spiro atoms. The lowest BCUT2D eigenvalue weighted by Crippen LogP contribution is -2.34. The predicted octanol–water partition coefficient (Wildman–Crippen LogP) is 4.70. The maximum absolute atomic E-state index is 12.7. The van der Waals surface area contributed by atoms with Crippen molar-refractivity contribution < 1.29 is 19.7 Å². The van der Waals surface area contributed by atoms with Gasteiger partial charge in [-0.3, -0.25) is 4.79 Å². The van der Waals surface area contributed by atoms with Gasteiger partial charge in [-0.15, -0.1) is 0 Å². The minimum absolute atomic E-state index is 0.0280. The van der Waals surface area contributed by atoms with Gasteiger partial charge < -0.3 is 24.4 Å². The van der Waals surface area contributed by atoms with Crippen molar-refractivity contribution in [2.75, 3.05) is 31.7 Å². The molecule has 1 unspecified atom stereocenters. The third-order valence-corrected chi connectivity index (χ3v) is 8.75. The van der Waals surface area contributed by atoms with Crippen LogP contribution in [-0.2, 0) is 6.42 Å². The van der Waals surface area contributed by atoms with Gasteiger partial charge in [-0.2, -0.15) is 0 Å². The zero-order valence-corrected chi connectivity index (χ0v) is 22.5. The Morgan fingerprint density at radius 3 is 2.54 bits per heavy atom. The molecule has 1 aromatic carbocycles. The molecule has 1 fully saturated rings. The zero-order chi connectivity index (χ0) is 26.5. The highest BCUT2D eigenvalue weighted by atomic mass is 32.1. The number of nitrogens with zero attached hydrogens (tertiary/aromatic N) is 3. The number of methoxy groups -OCH3 is 1. The number of anilines is 1. The average Bonchev–Trinajstić information content (AvgIpc) is 3.36. The number of aromatic carboxylic acids is 1. The molecule has 9 heteroatoms. The number of rotatable bonds is 5. The number of aliphatic hydroxyl groups excluding tert-OH is 1. The molecule has 37 heavy (non-hydrogen) atoms. The molecule has 0 radical (unpaired) electrons. The molecule has 1 saturated heterocycles. The molecule has 0 amide bonds. The molecule has 0 bridgehead atoms. The molecule has 4 heterocycles. The Kier molecular flexibility index (Phi) is 6.62. The molecule has 2 aliphatic heterocycles. The summed E-state index contributed by atoms with van der Waals surface area (Å²) in [5, 5.41) is 20.0. The maximum atomic E-state index is 12.7. The molecule has 2 aliphatic rings. The van der Waals surface area contributed by atoms with Crippen molar-refractivity contribution in [3.63, 3.8) is 0 Å². The van der Waals surface area contributed by atoms with E-state index in [0.717, 1.165) is 52.6 Å². The summed E-state index contributed by atoms with van der Waals surface area (Å²) < 4.78 is 7.76.